The second-order valence-corrected chi connectivity index (χ2v) is 8.99. The lowest BCUT2D eigenvalue weighted by atomic mass is 10.2. The number of anilines is 1. The molecule has 1 aliphatic heterocycles. The number of hydrogen-bond donors (Lipinski definition) is 1. The fourth-order valence-electron chi connectivity index (χ4n) is 2.72. The molecule has 0 unspecified atom stereocenters. The van der Waals surface area contributed by atoms with E-state index in [0.29, 0.717) is 27.0 Å². The first-order valence-corrected chi connectivity index (χ1v) is 10.7. The maximum absolute atomic E-state index is 12.6. The highest BCUT2D eigenvalue weighted by atomic mass is 35.5. The number of rotatable bonds is 5. The van der Waals surface area contributed by atoms with Gasteiger partial charge in [-0.05, 0) is 36.8 Å². The van der Waals surface area contributed by atoms with E-state index in [1.54, 1.807) is 49.4 Å². The summed E-state index contributed by atoms with van der Waals surface area (Å²) in [6.45, 7) is 1.65. The van der Waals surface area contributed by atoms with Gasteiger partial charge in [0, 0.05) is 16.6 Å². The van der Waals surface area contributed by atoms with E-state index >= 15 is 0 Å². The Morgan fingerprint density at radius 1 is 1.26 bits per heavy atom. The van der Waals surface area contributed by atoms with Crippen molar-refractivity contribution in [3.8, 4) is 5.75 Å². The summed E-state index contributed by atoms with van der Waals surface area (Å²) in [4.78, 5) is 12.6. The van der Waals surface area contributed by atoms with Crippen LogP contribution in [0.15, 0.2) is 42.5 Å². The van der Waals surface area contributed by atoms with Crippen LogP contribution in [0.2, 0.25) is 10.0 Å². The van der Waals surface area contributed by atoms with E-state index in [-0.39, 0.29) is 18.8 Å². The van der Waals surface area contributed by atoms with Gasteiger partial charge in [-0.25, -0.2) is 8.42 Å². The van der Waals surface area contributed by atoms with E-state index < -0.39 is 22.0 Å². The molecule has 0 saturated carbocycles. The SMILES string of the molecule is CCS(=O)(=O)N1C[C@H](C(=O)NCc2ccc(Cl)cc2Cl)Oc2ccccc21. The van der Waals surface area contributed by atoms with Crippen LogP contribution >= 0.6 is 23.2 Å². The fourth-order valence-corrected chi connectivity index (χ4v) is 4.32. The Kier molecular flexibility index (Phi) is 5.83. The fraction of sp³-hybridized carbons (Fsp3) is 0.278. The summed E-state index contributed by atoms with van der Waals surface area (Å²) in [7, 11) is -3.54. The topological polar surface area (TPSA) is 75.7 Å². The molecule has 1 amide bonds. The van der Waals surface area contributed by atoms with E-state index in [9.17, 15) is 13.2 Å². The van der Waals surface area contributed by atoms with Gasteiger partial charge in [-0.1, -0.05) is 41.4 Å². The van der Waals surface area contributed by atoms with Crippen LogP contribution < -0.4 is 14.4 Å². The van der Waals surface area contributed by atoms with Crippen LogP contribution in [-0.2, 0) is 21.4 Å². The average Bonchev–Trinajstić information content (AvgIpc) is 2.66. The Labute approximate surface area is 168 Å². The maximum Gasteiger partial charge on any atom is 0.263 e. The number of carbonyl (C=O) groups is 1. The van der Waals surface area contributed by atoms with Gasteiger partial charge in [0.2, 0.25) is 10.0 Å². The number of nitrogens with zero attached hydrogens (tertiary/aromatic N) is 1. The van der Waals surface area contributed by atoms with Gasteiger partial charge in [-0.3, -0.25) is 9.10 Å². The van der Waals surface area contributed by atoms with Gasteiger partial charge < -0.3 is 10.1 Å². The highest BCUT2D eigenvalue weighted by molar-refractivity contribution is 7.92. The van der Waals surface area contributed by atoms with E-state index in [1.165, 1.54) is 4.31 Å². The minimum absolute atomic E-state index is 0.0734. The zero-order chi connectivity index (χ0) is 19.6. The molecule has 2 aromatic carbocycles. The number of amides is 1. The van der Waals surface area contributed by atoms with Crippen LogP contribution in [-0.4, -0.2) is 32.7 Å². The van der Waals surface area contributed by atoms with Gasteiger partial charge in [0.15, 0.2) is 6.10 Å². The molecule has 0 aromatic heterocycles. The van der Waals surface area contributed by atoms with Gasteiger partial charge in [-0.2, -0.15) is 0 Å². The summed E-state index contributed by atoms with van der Waals surface area (Å²) in [5.41, 5.74) is 1.13. The molecule has 9 heteroatoms. The number of halogens is 2. The Morgan fingerprint density at radius 2 is 2.00 bits per heavy atom. The lowest BCUT2D eigenvalue weighted by molar-refractivity contribution is -0.127. The minimum atomic E-state index is -3.54. The number of benzene rings is 2. The van der Waals surface area contributed by atoms with Gasteiger partial charge in [0.25, 0.3) is 5.91 Å². The number of nitrogens with one attached hydrogen (secondary N) is 1. The molecular weight excluding hydrogens is 411 g/mol. The molecule has 144 valence electrons. The molecule has 3 rings (SSSR count). The van der Waals surface area contributed by atoms with Crippen molar-refractivity contribution in [2.45, 2.75) is 19.6 Å². The molecule has 1 atom stereocenters. The Balaban J connectivity index is 1.78. The molecule has 1 N–H and O–H groups in total. The van der Waals surface area contributed by atoms with Crippen molar-refractivity contribution in [2.24, 2.45) is 0 Å². The largest absolute Gasteiger partial charge is 0.476 e. The van der Waals surface area contributed by atoms with Crippen molar-refractivity contribution in [1.29, 1.82) is 0 Å². The zero-order valence-corrected chi connectivity index (χ0v) is 16.8. The molecule has 0 spiro atoms. The van der Waals surface area contributed by atoms with Crippen LogP contribution in [0.1, 0.15) is 12.5 Å². The summed E-state index contributed by atoms with van der Waals surface area (Å²) in [5, 5.41) is 3.68. The van der Waals surface area contributed by atoms with Gasteiger partial charge >= 0.3 is 0 Å². The number of fused-ring (bicyclic) bond motifs is 1. The maximum atomic E-state index is 12.6. The van der Waals surface area contributed by atoms with Crippen molar-refractivity contribution in [3.63, 3.8) is 0 Å². The zero-order valence-electron chi connectivity index (χ0n) is 14.5. The van der Waals surface area contributed by atoms with E-state index in [2.05, 4.69) is 5.32 Å². The average molecular weight is 429 g/mol. The van der Waals surface area contributed by atoms with E-state index in [1.807, 2.05) is 0 Å². The van der Waals surface area contributed by atoms with Crippen LogP contribution in [0.25, 0.3) is 0 Å². The number of hydrogen-bond acceptors (Lipinski definition) is 4. The van der Waals surface area contributed by atoms with Crippen molar-refractivity contribution < 1.29 is 17.9 Å². The highest BCUT2D eigenvalue weighted by Gasteiger charge is 2.35. The Bertz CT molecular complexity index is 966. The third-order valence-corrected chi connectivity index (χ3v) is 6.53. The molecule has 6 nitrogen and oxygen atoms in total. The van der Waals surface area contributed by atoms with Crippen LogP contribution in [0, 0.1) is 0 Å². The summed E-state index contributed by atoms with van der Waals surface area (Å²) < 4.78 is 31.9. The van der Waals surface area contributed by atoms with Crippen molar-refractivity contribution >= 4 is 44.8 Å². The molecule has 0 bridgehead atoms. The second kappa shape index (κ2) is 7.96. The molecule has 1 aliphatic rings. The normalized spacial score (nSPS) is 16.4. The summed E-state index contributed by atoms with van der Waals surface area (Å²) in [6, 6.07) is 11.7. The van der Waals surface area contributed by atoms with E-state index in [4.69, 9.17) is 27.9 Å². The lowest BCUT2D eigenvalue weighted by Crippen LogP contribution is -2.50. The molecule has 27 heavy (non-hydrogen) atoms. The van der Waals surface area contributed by atoms with Crippen LogP contribution in [0.5, 0.6) is 5.75 Å². The molecule has 2 aromatic rings. The van der Waals surface area contributed by atoms with E-state index in [0.717, 1.165) is 0 Å². The van der Waals surface area contributed by atoms with Crippen LogP contribution in [0.4, 0.5) is 5.69 Å². The summed E-state index contributed by atoms with van der Waals surface area (Å²) in [5.74, 6) is -0.145. The molecule has 1 heterocycles. The van der Waals surface area contributed by atoms with Crippen molar-refractivity contribution in [1.82, 2.24) is 5.32 Å². The lowest BCUT2D eigenvalue weighted by Gasteiger charge is -2.34. The first-order chi connectivity index (χ1) is 12.8. The highest BCUT2D eigenvalue weighted by Crippen LogP contribution is 2.35. The van der Waals surface area contributed by atoms with Gasteiger partial charge in [0.05, 0.1) is 18.0 Å². The monoisotopic (exact) mass is 428 g/mol. The molecule has 0 saturated heterocycles. The first kappa shape index (κ1) is 19.8. The molecule has 0 radical (unpaired) electrons. The quantitative estimate of drug-likeness (QED) is 0.792. The smallest absolute Gasteiger partial charge is 0.263 e. The van der Waals surface area contributed by atoms with Gasteiger partial charge in [0.1, 0.15) is 5.75 Å². The Hall–Kier alpha value is -1.96. The minimum Gasteiger partial charge on any atom is -0.476 e. The number of para-hydroxylation sites is 2. The molecule has 0 aliphatic carbocycles. The number of carbonyl (C=O) groups excluding carboxylic acids is 1. The van der Waals surface area contributed by atoms with Crippen molar-refractivity contribution in [2.75, 3.05) is 16.6 Å². The summed E-state index contributed by atoms with van der Waals surface area (Å²) >= 11 is 12.0. The third-order valence-electron chi connectivity index (χ3n) is 4.20. The second-order valence-electron chi connectivity index (χ2n) is 5.96. The molecule has 0 fully saturated rings. The number of sulfonamides is 1. The van der Waals surface area contributed by atoms with Crippen LogP contribution in [0.3, 0.4) is 0 Å². The predicted octanol–water partition coefficient (Wildman–Crippen LogP) is 3.23. The third kappa shape index (κ3) is 4.31. The molecular formula is C18H18Cl2N2O4S. The standard InChI is InChI=1S/C18H18Cl2N2O4S/c1-2-27(24,25)22-11-17(26-16-6-4-3-5-15(16)22)18(23)21-10-12-7-8-13(19)9-14(12)20/h3-9,17H,2,10-11H2,1H3,(H,21,23)/t17-/m1/s1. The summed E-state index contributed by atoms with van der Waals surface area (Å²) in [6.07, 6.45) is -0.965. The predicted molar refractivity (Wildman–Crippen MR) is 106 cm³/mol. The van der Waals surface area contributed by atoms with Gasteiger partial charge in [-0.15, -0.1) is 0 Å². The number of ether oxygens (including phenoxy) is 1. The Morgan fingerprint density at radius 3 is 2.70 bits per heavy atom. The first-order valence-electron chi connectivity index (χ1n) is 8.29. The van der Waals surface area contributed by atoms with Crippen molar-refractivity contribution in [3.05, 3.63) is 58.1 Å².